The molecular formula is C12H22O3. The van der Waals surface area contributed by atoms with Crippen LogP contribution >= 0.6 is 0 Å². The first-order valence-electron chi connectivity index (χ1n) is 5.84. The monoisotopic (exact) mass is 214 g/mol. The van der Waals surface area contributed by atoms with Crippen LogP contribution in [-0.2, 0) is 14.2 Å². The van der Waals surface area contributed by atoms with Crippen LogP contribution in [0.2, 0.25) is 0 Å². The van der Waals surface area contributed by atoms with E-state index in [1.165, 1.54) is 0 Å². The molecule has 2 saturated heterocycles. The van der Waals surface area contributed by atoms with Crippen LogP contribution in [0.15, 0.2) is 0 Å². The van der Waals surface area contributed by atoms with E-state index in [0.29, 0.717) is 12.5 Å². The number of ether oxygens (including phenoxy) is 3. The molecule has 1 unspecified atom stereocenters. The van der Waals surface area contributed by atoms with Gasteiger partial charge in [-0.3, -0.25) is 0 Å². The molecular weight excluding hydrogens is 192 g/mol. The van der Waals surface area contributed by atoms with Gasteiger partial charge >= 0.3 is 0 Å². The van der Waals surface area contributed by atoms with Crippen molar-refractivity contribution in [2.75, 3.05) is 13.2 Å². The Hall–Kier alpha value is -0.120. The summed E-state index contributed by atoms with van der Waals surface area (Å²) in [4.78, 5) is 0. The van der Waals surface area contributed by atoms with Crippen LogP contribution in [0, 0.1) is 11.3 Å². The third-order valence-corrected chi connectivity index (χ3v) is 3.03. The largest absolute Gasteiger partial charge is 0.373 e. The van der Waals surface area contributed by atoms with Crippen molar-refractivity contribution in [3.63, 3.8) is 0 Å². The van der Waals surface area contributed by atoms with Crippen LogP contribution in [0.5, 0.6) is 0 Å². The minimum Gasteiger partial charge on any atom is -0.373 e. The molecule has 0 aromatic heterocycles. The third kappa shape index (κ3) is 2.71. The predicted octanol–water partition coefficient (Wildman–Crippen LogP) is 2.20. The molecule has 0 bridgehead atoms. The maximum Gasteiger partial charge on any atom is 0.158 e. The number of hydrogen-bond donors (Lipinski definition) is 0. The molecule has 0 aromatic rings. The SMILES string of the molecule is C[C@H]1CO[C@@H]2COC(CC(C)(C)C)O[C@H]12. The van der Waals surface area contributed by atoms with Crippen LogP contribution in [0.1, 0.15) is 34.1 Å². The van der Waals surface area contributed by atoms with Crippen LogP contribution in [-0.4, -0.2) is 31.7 Å². The Morgan fingerprint density at radius 3 is 2.53 bits per heavy atom. The zero-order chi connectivity index (χ0) is 11.1. The van der Waals surface area contributed by atoms with E-state index in [-0.39, 0.29) is 23.9 Å². The van der Waals surface area contributed by atoms with Crippen molar-refractivity contribution in [2.45, 2.75) is 52.6 Å². The van der Waals surface area contributed by atoms with Gasteiger partial charge in [0.2, 0.25) is 0 Å². The lowest BCUT2D eigenvalue weighted by Gasteiger charge is -2.36. The summed E-state index contributed by atoms with van der Waals surface area (Å²) < 4.78 is 17.2. The van der Waals surface area contributed by atoms with Crippen molar-refractivity contribution < 1.29 is 14.2 Å². The molecule has 0 saturated carbocycles. The normalized spacial score (nSPS) is 41.6. The summed E-state index contributed by atoms with van der Waals surface area (Å²) in [5.41, 5.74) is 0.250. The van der Waals surface area contributed by atoms with Crippen molar-refractivity contribution in [1.29, 1.82) is 0 Å². The van der Waals surface area contributed by atoms with E-state index in [9.17, 15) is 0 Å². The fraction of sp³-hybridized carbons (Fsp3) is 1.00. The van der Waals surface area contributed by atoms with Gasteiger partial charge in [0.1, 0.15) is 6.10 Å². The first kappa shape index (κ1) is 11.4. The van der Waals surface area contributed by atoms with Crippen LogP contribution in [0.4, 0.5) is 0 Å². The van der Waals surface area contributed by atoms with Gasteiger partial charge in [0, 0.05) is 12.3 Å². The number of hydrogen-bond acceptors (Lipinski definition) is 3. The average molecular weight is 214 g/mol. The third-order valence-electron chi connectivity index (χ3n) is 3.03. The van der Waals surface area contributed by atoms with Crippen LogP contribution < -0.4 is 0 Å². The van der Waals surface area contributed by atoms with Crippen molar-refractivity contribution >= 4 is 0 Å². The molecule has 0 aromatic carbocycles. The molecule has 4 atom stereocenters. The van der Waals surface area contributed by atoms with Crippen molar-refractivity contribution in [3.05, 3.63) is 0 Å². The van der Waals surface area contributed by atoms with E-state index < -0.39 is 0 Å². The fourth-order valence-electron chi connectivity index (χ4n) is 2.22. The Labute approximate surface area is 92.1 Å². The topological polar surface area (TPSA) is 27.7 Å². The molecule has 88 valence electrons. The Morgan fingerprint density at radius 2 is 1.87 bits per heavy atom. The molecule has 0 radical (unpaired) electrons. The molecule has 0 spiro atoms. The smallest absolute Gasteiger partial charge is 0.158 e. The summed E-state index contributed by atoms with van der Waals surface area (Å²) in [5, 5.41) is 0. The predicted molar refractivity (Wildman–Crippen MR) is 57.6 cm³/mol. The van der Waals surface area contributed by atoms with Crippen LogP contribution in [0.3, 0.4) is 0 Å². The first-order chi connectivity index (χ1) is 6.96. The van der Waals surface area contributed by atoms with Gasteiger partial charge in [-0.2, -0.15) is 0 Å². The minimum atomic E-state index is -0.0459. The summed E-state index contributed by atoms with van der Waals surface area (Å²) in [5.74, 6) is 0.501. The molecule has 2 rings (SSSR count). The van der Waals surface area contributed by atoms with Crippen LogP contribution in [0.25, 0.3) is 0 Å². The summed E-state index contributed by atoms with van der Waals surface area (Å²) in [6.07, 6.45) is 1.31. The van der Waals surface area contributed by atoms with Gasteiger partial charge in [-0.25, -0.2) is 0 Å². The molecule has 3 heteroatoms. The molecule has 3 nitrogen and oxygen atoms in total. The Bertz CT molecular complexity index is 221. The Balaban J connectivity index is 1.91. The second-order valence-electron chi connectivity index (χ2n) is 5.98. The molecule has 0 N–H and O–H groups in total. The lowest BCUT2D eigenvalue weighted by molar-refractivity contribution is -0.251. The van der Waals surface area contributed by atoms with Gasteiger partial charge in [-0.05, 0) is 5.41 Å². The van der Waals surface area contributed by atoms with E-state index in [2.05, 4.69) is 27.7 Å². The van der Waals surface area contributed by atoms with Gasteiger partial charge in [0.25, 0.3) is 0 Å². The van der Waals surface area contributed by atoms with E-state index in [4.69, 9.17) is 14.2 Å². The first-order valence-corrected chi connectivity index (χ1v) is 5.84. The average Bonchev–Trinajstić information content (AvgIpc) is 2.45. The highest BCUT2D eigenvalue weighted by Crippen LogP contribution is 2.32. The zero-order valence-corrected chi connectivity index (χ0v) is 10.2. The molecule has 2 aliphatic heterocycles. The maximum atomic E-state index is 5.95. The molecule has 2 fully saturated rings. The molecule has 15 heavy (non-hydrogen) atoms. The Kier molecular flexibility index (Phi) is 3.06. The second kappa shape index (κ2) is 4.04. The quantitative estimate of drug-likeness (QED) is 0.669. The molecule has 0 aliphatic carbocycles. The highest BCUT2D eigenvalue weighted by molar-refractivity contribution is 4.85. The lowest BCUT2D eigenvalue weighted by Crippen LogP contribution is -2.44. The zero-order valence-electron chi connectivity index (χ0n) is 10.2. The fourth-order valence-corrected chi connectivity index (χ4v) is 2.22. The highest BCUT2D eigenvalue weighted by Gasteiger charge is 2.41. The van der Waals surface area contributed by atoms with E-state index in [0.717, 1.165) is 13.0 Å². The lowest BCUT2D eigenvalue weighted by atomic mass is 9.91. The maximum absolute atomic E-state index is 5.95. The van der Waals surface area contributed by atoms with E-state index in [1.54, 1.807) is 0 Å². The summed E-state index contributed by atoms with van der Waals surface area (Å²) in [6.45, 7) is 10.3. The van der Waals surface area contributed by atoms with Gasteiger partial charge < -0.3 is 14.2 Å². The van der Waals surface area contributed by atoms with E-state index in [1.807, 2.05) is 0 Å². The second-order valence-corrected chi connectivity index (χ2v) is 5.98. The Morgan fingerprint density at radius 1 is 1.13 bits per heavy atom. The highest BCUT2D eigenvalue weighted by atomic mass is 16.7. The number of rotatable bonds is 1. The van der Waals surface area contributed by atoms with Crippen molar-refractivity contribution in [3.8, 4) is 0 Å². The summed E-state index contributed by atoms with van der Waals surface area (Å²) in [6, 6.07) is 0. The molecule has 2 aliphatic rings. The van der Waals surface area contributed by atoms with Gasteiger partial charge in [-0.1, -0.05) is 27.7 Å². The van der Waals surface area contributed by atoms with Crippen molar-refractivity contribution in [2.24, 2.45) is 11.3 Å². The van der Waals surface area contributed by atoms with E-state index >= 15 is 0 Å². The minimum absolute atomic E-state index is 0.0459. The van der Waals surface area contributed by atoms with Gasteiger partial charge in [0.15, 0.2) is 6.29 Å². The summed E-state index contributed by atoms with van der Waals surface area (Å²) >= 11 is 0. The van der Waals surface area contributed by atoms with Gasteiger partial charge in [-0.15, -0.1) is 0 Å². The standard InChI is InChI=1S/C12H22O3/c1-8-6-13-9-7-14-10(15-11(8)9)5-12(2,3)4/h8-11H,5-7H2,1-4H3/t8-,9+,10?,11+/m0/s1. The van der Waals surface area contributed by atoms with Gasteiger partial charge in [0.05, 0.1) is 19.3 Å². The molecule has 2 heterocycles. The molecule has 0 amide bonds. The number of fused-ring (bicyclic) bond motifs is 1. The summed E-state index contributed by atoms with van der Waals surface area (Å²) in [7, 11) is 0. The van der Waals surface area contributed by atoms with Crippen molar-refractivity contribution in [1.82, 2.24) is 0 Å².